The van der Waals surface area contributed by atoms with E-state index in [2.05, 4.69) is 62.9 Å². The molecule has 6 heteroatoms. The van der Waals surface area contributed by atoms with Gasteiger partial charge < -0.3 is 0 Å². The first-order chi connectivity index (χ1) is 10.2. The standard InChI is InChI=1S/C15H16IN5/c1-3-21-14(8-11(2)18-21)9-20-10-17-15(19-20)12-4-6-13(16)7-5-12/h4-8,10H,3,9H2,1-2H3. The summed E-state index contributed by atoms with van der Waals surface area (Å²) >= 11 is 2.29. The average Bonchev–Trinajstić information content (AvgIpc) is 3.07. The van der Waals surface area contributed by atoms with E-state index in [1.54, 1.807) is 6.33 Å². The maximum atomic E-state index is 4.55. The maximum Gasteiger partial charge on any atom is 0.181 e. The smallest absolute Gasteiger partial charge is 0.181 e. The Morgan fingerprint density at radius 3 is 2.62 bits per heavy atom. The Kier molecular flexibility index (Phi) is 4.05. The highest BCUT2D eigenvalue weighted by Gasteiger charge is 2.08. The number of aryl methyl sites for hydroxylation is 2. The van der Waals surface area contributed by atoms with E-state index >= 15 is 0 Å². The summed E-state index contributed by atoms with van der Waals surface area (Å²) in [6.45, 7) is 5.65. The normalized spacial score (nSPS) is 11.0. The minimum atomic E-state index is 0.687. The SMILES string of the molecule is CCn1nc(C)cc1Cn1cnc(-c2ccc(I)cc2)n1. The second-order valence-corrected chi connectivity index (χ2v) is 6.11. The molecule has 0 atom stereocenters. The number of halogens is 1. The van der Waals surface area contributed by atoms with Crippen LogP contribution in [0.25, 0.3) is 11.4 Å². The van der Waals surface area contributed by atoms with E-state index in [-0.39, 0.29) is 0 Å². The monoisotopic (exact) mass is 393 g/mol. The fourth-order valence-corrected chi connectivity index (χ4v) is 2.63. The Balaban J connectivity index is 1.83. The predicted octanol–water partition coefficient (Wildman–Crippen LogP) is 3.12. The molecule has 0 bridgehead atoms. The van der Waals surface area contributed by atoms with Crippen LogP contribution in [0.15, 0.2) is 36.7 Å². The minimum absolute atomic E-state index is 0.687. The molecule has 2 aromatic heterocycles. The largest absolute Gasteiger partial charge is 0.268 e. The Bertz CT molecular complexity index is 742. The lowest BCUT2D eigenvalue weighted by Gasteiger charge is -2.03. The molecule has 0 fully saturated rings. The van der Waals surface area contributed by atoms with E-state index in [1.165, 1.54) is 3.57 Å². The van der Waals surface area contributed by atoms with Crippen LogP contribution in [0.1, 0.15) is 18.3 Å². The van der Waals surface area contributed by atoms with E-state index < -0.39 is 0 Å². The molecular formula is C15H16IN5. The number of benzene rings is 1. The molecule has 2 heterocycles. The Morgan fingerprint density at radius 1 is 1.14 bits per heavy atom. The van der Waals surface area contributed by atoms with Crippen LogP contribution in [0.5, 0.6) is 0 Å². The summed E-state index contributed by atoms with van der Waals surface area (Å²) in [6.07, 6.45) is 1.77. The van der Waals surface area contributed by atoms with Crippen molar-refractivity contribution in [2.24, 2.45) is 0 Å². The highest BCUT2D eigenvalue weighted by Crippen LogP contribution is 2.16. The Morgan fingerprint density at radius 2 is 1.90 bits per heavy atom. The van der Waals surface area contributed by atoms with Gasteiger partial charge in [-0.15, -0.1) is 0 Å². The number of aromatic nitrogens is 5. The first-order valence-corrected chi connectivity index (χ1v) is 7.92. The van der Waals surface area contributed by atoms with Crippen LogP contribution < -0.4 is 0 Å². The Labute approximate surface area is 137 Å². The topological polar surface area (TPSA) is 48.5 Å². The summed E-state index contributed by atoms with van der Waals surface area (Å²) in [5.74, 6) is 0.755. The molecule has 1 aromatic carbocycles. The zero-order valence-corrected chi connectivity index (χ0v) is 14.1. The number of hydrogen-bond donors (Lipinski definition) is 0. The summed E-state index contributed by atoms with van der Waals surface area (Å²) in [5, 5.41) is 9.01. The molecule has 0 spiro atoms. The van der Waals surface area contributed by atoms with E-state index in [0.717, 1.165) is 29.3 Å². The van der Waals surface area contributed by atoms with Gasteiger partial charge in [-0.3, -0.25) is 4.68 Å². The molecule has 0 amide bonds. The first-order valence-electron chi connectivity index (χ1n) is 6.84. The summed E-state index contributed by atoms with van der Waals surface area (Å²) in [5.41, 5.74) is 3.22. The van der Waals surface area contributed by atoms with Gasteiger partial charge in [0.25, 0.3) is 0 Å². The molecule has 5 nitrogen and oxygen atoms in total. The number of nitrogens with zero attached hydrogens (tertiary/aromatic N) is 5. The summed E-state index contributed by atoms with van der Waals surface area (Å²) in [7, 11) is 0. The van der Waals surface area contributed by atoms with Crippen LogP contribution in [0.4, 0.5) is 0 Å². The van der Waals surface area contributed by atoms with Gasteiger partial charge in [0.1, 0.15) is 6.33 Å². The van der Waals surface area contributed by atoms with Gasteiger partial charge in [0.05, 0.1) is 17.9 Å². The lowest BCUT2D eigenvalue weighted by atomic mass is 10.2. The van der Waals surface area contributed by atoms with Crippen LogP contribution in [-0.2, 0) is 13.1 Å². The van der Waals surface area contributed by atoms with Crippen molar-refractivity contribution in [2.45, 2.75) is 26.9 Å². The van der Waals surface area contributed by atoms with Gasteiger partial charge in [-0.2, -0.15) is 10.2 Å². The van der Waals surface area contributed by atoms with E-state index in [0.29, 0.717) is 6.54 Å². The van der Waals surface area contributed by atoms with Crippen LogP contribution >= 0.6 is 22.6 Å². The molecule has 0 unspecified atom stereocenters. The third-order valence-electron chi connectivity index (χ3n) is 3.25. The number of rotatable bonds is 4. The minimum Gasteiger partial charge on any atom is -0.268 e. The predicted molar refractivity (Wildman–Crippen MR) is 89.9 cm³/mol. The summed E-state index contributed by atoms with van der Waals surface area (Å²) in [6, 6.07) is 10.3. The quantitative estimate of drug-likeness (QED) is 0.640. The van der Waals surface area contributed by atoms with Crippen molar-refractivity contribution in [3.05, 3.63) is 51.6 Å². The van der Waals surface area contributed by atoms with Crippen molar-refractivity contribution in [3.63, 3.8) is 0 Å². The fraction of sp³-hybridized carbons (Fsp3) is 0.267. The van der Waals surface area contributed by atoms with Crippen LogP contribution in [0, 0.1) is 10.5 Å². The summed E-state index contributed by atoms with van der Waals surface area (Å²) < 4.78 is 5.07. The van der Waals surface area contributed by atoms with E-state index in [1.807, 2.05) is 28.4 Å². The fourth-order valence-electron chi connectivity index (χ4n) is 2.27. The van der Waals surface area contributed by atoms with E-state index in [9.17, 15) is 0 Å². The van der Waals surface area contributed by atoms with E-state index in [4.69, 9.17) is 0 Å². The van der Waals surface area contributed by atoms with Gasteiger partial charge in [0.15, 0.2) is 5.82 Å². The third-order valence-corrected chi connectivity index (χ3v) is 3.97. The second kappa shape index (κ2) is 5.97. The van der Waals surface area contributed by atoms with Crippen molar-refractivity contribution in [1.82, 2.24) is 24.5 Å². The molecule has 3 rings (SSSR count). The number of hydrogen-bond acceptors (Lipinski definition) is 3. The molecular weight excluding hydrogens is 377 g/mol. The molecule has 0 aliphatic heterocycles. The zero-order chi connectivity index (χ0) is 14.8. The summed E-state index contributed by atoms with van der Waals surface area (Å²) in [4.78, 5) is 4.39. The second-order valence-electron chi connectivity index (χ2n) is 4.87. The van der Waals surface area contributed by atoms with Crippen molar-refractivity contribution >= 4 is 22.6 Å². The van der Waals surface area contributed by atoms with Crippen LogP contribution in [0.2, 0.25) is 0 Å². The first kappa shape index (κ1) is 14.2. The molecule has 0 N–H and O–H groups in total. The van der Waals surface area contributed by atoms with Crippen molar-refractivity contribution in [3.8, 4) is 11.4 Å². The third kappa shape index (κ3) is 3.15. The highest BCUT2D eigenvalue weighted by molar-refractivity contribution is 14.1. The molecule has 21 heavy (non-hydrogen) atoms. The van der Waals surface area contributed by atoms with Gasteiger partial charge >= 0.3 is 0 Å². The molecule has 108 valence electrons. The van der Waals surface area contributed by atoms with Gasteiger partial charge in [-0.05, 0) is 54.6 Å². The van der Waals surface area contributed by atoms with Gasteiger partial charge in [-0.1, -0.05) is 12.1 Å². The highest BCUT2D eigenvalue weighted by atomic mass is 127. The average molecular weight is 393 g/mol. The van der Waals surface area contributed by atoms with Crippen molar-refractivity contribution in [2.75, 3.05) is 0 Å². The maximum absolute atomic E-state index is 4.55. The zero-order valence-electron chi connectivity index (χ0n) is 12.0. The molecule has 0 saturated heterocycles. The van der Waals surface area contributed by atoms with Crippen molar-refractivity contribution in [1.29, 1.82) is 0 Å². The van der Waals surface area contributed by atoms with Crippen LogP contribution in [-0.4, -0.2) is 24.5 Å². The van der Waals surface area contributed by atoms with Gasteiger partial charge in [-0.25, -0.2) is 9.67 Å². The molecule has 3 aromatic rings. The van der Waals surface area contributed by atoms with Gasteiger partial charge in [0, 0.05) is 15.7 Å². The van der Waals surface area contributed by atoms with Crippen LogP contribution in [0.3, 0.4) is 0 Å². The van der Waals surface area contributed by atoms with Gasteiger partial charge in [0.2, 0.25) is 0 Å². The van der Waals surface area contributed by atoms with Crippen molar-refractivity contribution < 1.29 is 0 Å². The molecule has 0 aliphatic rings. The molecule has 0 aliphatic carbocycles. The molecule has 0 saturated carbocycles. The Hall–Kier alpha value is -1.70. The molecule has 0 radical (unpaired) electrons. The lowest BCUT2D eigenvalue weighted by molar-refractivity contribution is 0.575. The lowest BCUT2D eigenvalue weighted by Crippen LogP contribution is -2.08.